The average Bonchev–Trinajstić information content (AvgIpc) is 3.24. The Hall–Kier alpha value is -3.39. The number of anilines is 1. The molecule has 166 valence electrons. The predicted molar refractivity (Wildman–Crippen MR) is 120 cm³/mol. The molecule has 0 atom stereocenters. The number of fused-ring (bicyclic) bond motifs is 1. The molecular weight excluding hydrogens is 431 g/mol. The van der Waals surface area contributed by atoms with Gasteiger partial charge in [-0.25, -0.2) is 12.8 Å². The molecule has 0 fully saturated rings. The molecule has 1 aliphatic rings. The first-order valence-corrected chi connectivity index (χ1v) is 11.5. The molecule has 0 radical (unpaired) electrons. The van der Waals surface area contributed by atoms with E-state index in [9.17, 15) is 17.6 Å². The van der Waals surface area contributed by atoms with Gasteiger partial charge in [-0.15, -0.1) is 0 Å². The van der Waals surface area contributed by atoms with Crippen LogP contribution < -0.4 is 9.04 Å². The standard InChI is InChI=1S/C24H23FN2O4S/c1-26(16-17-7-9-19(25)10-8-17)24(28)21-15-20(11-12-23(21)31-2)32(29,30)27-14-13-18-5-3-4-6-22(18)27/h3-12,15H,13-14,16H2,1-2H3. The summed E-state index contributed by atoms with van der Waals surface area (Å²) in [7, 11) is -0.829. The van der Waals surface area contributed by atoms with Gasteiger partial charge in [0.2, 0.25) is 0 Å². The molecule has 0 saturated heterocycles. The van der Waals surface area contributed by atoms with Gasteiger partial charge < -0.3 is 9.64 Å². The number of carbonyl (C=O) groups is 1. The molecule has 1 aliphatic heterocycles. The number of methoxy groups -OCH3 is 1. The topological polar surface area (TPSA) is 66.9 Å². The van der Waals surface area contributed by atoms with Crippen molar-refractivity contribution in [3.8, 4) is 5.75 Å². The molecule has 4 rings (SSSR count). The van der Waals surface area contributed by atoms with E-state index >= 15 is 0 Å². The van der Waals surface area contributed by atoms with Gasteiger partial charge in [0.25, 0.3) is 15.9 Å². The minimum atomic E-state index is -3.86. The van der Waals surface area contributed by atoms with Crippen molar-refractivity contribution in [2.75, 3.05) is 25.0 Å². The molecule has 1 amide bonds. The number of amides is 1. The summed E-state index contributed by atoms with van der Waals surface area (Å²) in [5.41, 5.74) is 2.52. The fourth-order valence-corrected chi connectivity index (χ4v) is 5.37. The Labute approximate surface area is 186 Å². The molecule has 0 unspecified atom stereocenters. The molecule has 0 saturated carbocycles. The van der Waals surface area contributed by atoms with Crippen molar-refractivity contribution >= 4 is 21.6 Å². The largest absolute Gasteiger partial charge is 0.496 e. The number of hydrogen-bond donors (Lipinski definition) is 0. The van der Waals surface area contributed by atoms with Crippen LogP contribution in [0.1, 0.15) is 21.5 Å². The number of sulfonamides is 1. The molecular formula is C24H23FN2O4S. The summed E-state index contributed by atoms with van der Waals surface area (Å²) in [5, 5.41) is 0. The number of benzene rings is 3. The fraction of sp³-hybridized carbons (Fsp3) is 0.208. The lowest BCUT2D eigenvalue weighted by Gasteiger charge is -2.22. The second kappa shape index (κ2) is 8.63. The van der Waals surface area contributed by atoms with Gasteiger partial charge in [0.15, 0.2) is 0 Å². The van der Waals surface area contributed by atoms with Crippen LogP contribution in [-0.2, 0) is 23.0 Å². The molecule has 3 aromatic carbocycles. The SMILES string of the molecule is COc1ccc(S(=O)(=O)N2CCc3ccccc32)cc1C(=O)N(C)Cc1ccc(F)cc1. The van der Waals surface area contributed by atoms with Gasteiger partial charge in [-0.3, -0.25) is 9.10 Å². The third kappa shape index (κ3) is 4.05. The van der Waals surface area contributed by atoms with E-state index in [1.807, 2.05) is 12.1 Å². The molecule has 0 aliphatic carbocycles. The summed E-state index contributed by atoms with van der Waals surface area (Å²) < 4.78 is 46.6. The summed E-state index contributed by atoms with van der Waals surface area (Å²) in [6, 6.07) is 17.5. The van der Waals surface area contributed by atoms with Crippen molar-refractivity contribution in [1.82, 2.24) is 4.90 Å². The summed E-state index contributed by atoms with van der Waals surface area (Å²) in [6.45, 7) is 0.584. The summed E-state index contributed by atoms with van der Waals surface area (Å²) in [4.78, 5) is 14.6. The Morgan fingerprint density at radius 3 is 2.53 bits per heavy atom. The van der Waals surface area contributed by atoms with Crippen LogP contribution in [0, 0.1) is 5.82 Å². The monoisotopic (exact) mass is 454 g/mol. The lowest BCUT2D eigenvalue weighted by atomic mass is 10.1. The van der Waals surface area contributed by atoms with Crippen LogP contribution in [0.2, 0.25) is 0 Å². The lowest BCUT2D eigenvalue weighted by Crippen LogP contribution is -2.30. The van der Waals surface area contributed by atoms with Gasteiger partial charge in [-0.05, 0) is 53.9 Å². The molecule has 0 N–H and O–H groups in total. The Morgan fingerprint density at radius 1 is 1.09 bits per heavy atom. The summed E-state index contributed by atoms with van der Waals surface area (Å²) >= 11 is 0. The number of hydrogen-bond acceptors (Lipinski definition) is 4. The van der Waals surface area contributed by atoms with Gasteiger partial charge >= 0.3 is 0 Å². The number of halogens is 1. The first-order valence-electron chi connectivity index (χ1n) is 10.1. The molecule has 32 heavy (non-hydrogen) atoms. The maximum absolute atomic E-state index is 13.4. The van der Waals surface area contributed by atoms with Crippen LogP contribution in [0.3, 0.4) is 0 Å². The molecule has 1 heterocycles. The molecule has 0 aromatic heterocycles. The van der Waals surface area contributed by atoms with E-state index in [-0.39, 0.29) is 28.6 Å². The zero-order chi connectivity index (χ0) is 22.9. The van der Waals surface area contributed by atoms with Gasteiger partial charge in [0.05, 0.1) is 23.3 Å². The number of rotatable bonds is 6. The number of nitrogens with zero attached hydrogens (tertiary/aromatic N) is 2. The first-order chi connectivity index (χ1) is 15.3. The fourth-order valence-electron chi connectivity index (χ4n) is 3.84. The maximum atomic E-state index is 13.4. The second-order valence-corrected chi connectivity index (χ2v) is 9.47. The minimum Gasteiger partial charge on any atom is -0.496 e. The lowest BCUT2D eigenvalue weighted by molar-refractivity contribution is 0.0781. The van der Waals surface area contributed by atoms with Gasteiger partial charge in [0.1, 0.15) is 11.6 Å². The third-order valence-electron chi connectivity index (χ3n) is 5.51. The van der Waals surface area contributed by atoms with E-state index in [2.05, 4.69) is 0 Å². The van der Waals surface area contributed by atoms with E-state index in [4.69, 9.17) is 4.74 Å². The zero-order valence-electron chi connectivity index (χ0n) is 17.8. The highest BCUT2D eigenvalue weighted by molar-refractivity contribution is 7.92. The van der Waals surface area contributed by atoms with Gasteiger partial charge in [-0.2, -0.15) is 0 Å². The second-order valence-electron chi connectivity index (χ2n) is 7.61. The van der Waals surface area contributed by atoms with Crippen molar-refractivity contribution in [2.24, 2.45) is 0 Å². The van der Waals surface area contributed by atoms with Crippen molar-refractivity contribution in [2.45, 2.75) is 17.9 Å². The van der Waals surface area contributed by atoms with E-state index in [1.54, 1.807) is 31.3 Å². The molecule has 8 heteroatoms. The Morgan fingerprint density at radius 2 is 1.81 bits per heavy atom. The average molecular weight is 455 g/mol. The van der Waals surface area contributed by atoms with Crippen LogP contribution in [0.5, 0.6) is 5.75 Å². The van der Waals surface area contributed by atoms with Crippen molar-refractivity contribution < 1.29 is 22.3 Å². The Bertz CT molecular complexity index is 1260. The zero-order valence-corrected chi connectivity index (χ0v) is 18.6. The summed E-state index contributed by atoms with van der Waals surface area (Å²) in [6.07, 6.45) is 0.637. The highest BCUT2D eigenvalue weighted by atomic mass is 32.2. The first kappa shape index (κ1) is 21.8. The highest BCUT2D eigenvalue weighted by Crippen LogP contribution is 2.34. The third-order valence-corrected chi connectivity index (χ3v) is 7.32. The van der Waals surface area contributed by atoms with E-state index in [0.29, 0.717) is 18.7 Å². The van der Waals surface area contributed by atoms with Crippen LogP contribution in [0.15, 0.2) is 71.6 Å². The van der Waals surface area contributed by atoms with Crippen molar-refractivity contribution in [3.63, 3.8) is 0 Å². The van der Waals surface area contributed by atoms with Crippen molar-refractivity contribution in [3.05, 3.63) is 89.2 Å². The molecule has 0 bridgehead atoms. The smallest absolute Gasteiger partial charge is 0.264 e. The number of carbonyl (C=O) groups excluding carboxylic acids is 1. The Balaban J connectivity index is 1.65. The molecule has 6 nitrogen and oxygen atoms in total. The van der Waals surface area contributed by atoms with Crippen LogP contribution in [-0.4, -0.2) is 39.9 Å². The number of ether oxygens (including phenoxy) is 1. The van der Waals surface area contributed by atoms with E-state index < -0.39 is 15.9 Å². The predicted octanol–water partition coefficient (Wildman–Crippen LogP) is 3.86. The van der Waals surface area contributed by atoms with Crippen LogP contribution in [0.25, 0.3) is 0 Å². The quantitative estimate of drug-likeness (QED) is 0.567. The Kier molecular flexibility index (Phi) is 5.88. The van der Waals surface area contributed by atoms with Gasteiger partial charge in [0, 0.05) is 20.1 Å². The highest BCUT2D eigenvalue weighted by Gasteiger charge is 2.32. The van der Waals surface area contributed by atoms with Crippen LogP contribution >= 0.6 is 0 Å². The van der Waals surface area contributed by atoms with E-state index in [0.717, 1.165) is 11.1 Å². The maximum Gasteiger partial charge on any atom is 0.264 e. The summed E-state index contributed by atoms with van der Waals surface area (Å²) in [5.74, 6) is -0.474. The number of para-hydroxylation sites is 1. The molecule has 3 aromatic rings. The van der Waals surface area contributed by atoms with Crippen LogP contribution in [0.4, 0.5) is 10.1 Å². The van der Waals surface area contributed by atoms with Crippen molar-refractivity contribution in [1.29, 1.82) is 0 Å². The normalized spacial score (nSPS) is 13.0. The minimum absolute atomic E-state index is 0.0218. The van der Waals surface area contributed by atoms with E-state index in [1.165, 1.54) is 46.6 Å². The van der Waals surface area contributed by atoms with Gasteiger partial charge in [-0.1, -0.05) is 30.3 Å². The molecule has 0 spiro atoms.